The van der Waals surface area contributed by atoms with Gasteiger partial charge in [0.25, 0.3) is 0 Å². The van der Waals surface area contributed by atoms with Crippen molar-refractivity contribution in [2.45, 2.75) is 51.1 Å². The first-order chi connectivity index (χ1) is 12.6. The van der Waals surface area contributed by atoms with E-state index in [1.54, 1.807) is 19.1 Å². The number of hydrogen-bond donors (Lipinski definition) is 3. The summed E-state index contributed by atoms with van der Waals surface area (Å²) in [5.74, 6) is 1.13. The number of anilines is 1. The zero-order valence-corrected chi connectivity index (χ0v) is 15.2. The Hall–Kier alpha value is -1.66. The fourth-order valence-corrected chi connectivity index (χ4v) is 5.79. The van der Waals surface area contributed by atoms with Crippen LogP contribution in [0.2, 0.25) is 0 Å². The summed E-state index contributed by atoms with van der Waals surface area (Å²) in [6.45, 7) is 3.25. The van der Waals surface area contributed by atoms with Gasteiger partial charge in [-0.1, -0.05) is 6.42 Å². The largest absolute Gasteiger partial charge is 0.324 e. The molecule has 2 saturated carbocycles. The summed E-state index contributed by atoms with van der Waals surface area (Å²) < 4.78 is 13.4. The molecule has 0 bridgehead atoms. The second kappa shape index (κ2) is 5.92. The van der Waals surface area contributed by atoms with Crippen LogP contribution in [0.1, 0.15) is 37.7 Å². The van der Waals surface area contributed by atoms with Gasteiger partial charge in [-0.3, -0.25) is 10.9 Å². The summed E-state index contributed by atoms with van der Waals surface area (Å²) in [6.07, 6.45) is 6.40. The van der Waals surface area contributed by atoms with Gasteiger partial charge in [0.1, 0.15) is 5.82 Å². The minimum Gasteiger partial charge on any atom is -0.324 e. The topological polar surface area (TPSA) is 56.4 Å². The zero-order valence-electron chi connectivity index (χ0n) is 15.2. The lowest BCUT2D eigenvalue weighted by Gasteiger charge is -2.38. The molecule has 26 heavy (non-hydrogen) atoms. The molecule has 0 aromatic heterocycles. The predicted octanol–water partition coefficient (Wildman–Crippen LogP) is 3.02. The van der Waals surface area contributed by atoms with Crippen molar-refractivity contribution in [1.29, 1.82) is 0 Å². The van der Waals surface area contributed by atoms with Crippen LogP contribution >= 0.6 is 0 Å². The van der Waals surface area contributed by atoms with Crippen molar-refractivity contribution < 1.29 is 9.18 Å². The molecule has 0 spiro atoms. The molecule has 5 rings (SSSR count). The van der Waals surface area contributed by atoms with E-state index in [2.05, 4.69) is 16.2 Å². The number of amides is 2. The van der Waals surface area contributed by atoms with Gasteiger partial charge >= 0.3 is 6.03 Å². The number of aryl methyl sites for hydroxylation is 1. The fourth-order valence-electron chi connectivity index (χ4n) is 5.79. The monoisotopic (exact) mass is 358 g/mol. The van der Waals surface area contributed by atoms with E-state index >= 15 is 0 Å². The number of nitrogens with one attached hydrogen (secondary N) is 3. The third kappa shape index (κ3) is 2.54. The number of carbonyl (C=O) groups is 1. The summed E-state index contributed by atoms with van der Waals surface area (Å²) in [7, 11) is 0. The minimum atomic E-state index is -0.246. The molecular formula is C20H27FN4O. The average Bonchev–Trinajstić information content (AvgIpc) is 3.00. The molecule has 2 aliphatic carbocycles. The van der Waals surface area contributed by atoms with Crippen LogP contribution in [0.25, 0.3) is 0 Å². The number of urea groups is 1. The molecule has 2 heterocycles. The molecule has 2 amide bonds. The van der Waals surface area contributed by atoms with Crippen LogP contribution < -0.4 is 16.2 Å². The van der Waals surface area contributed by atoms with Crippen LogP contribution in [-0.2, 0) is 0 Å². The standard InChI is InChI=1S/C20H27FN4O/c1-12-9-14(4-5-16(12)21)22-19(26)25-8-6-17-15(11-25)18(24-23-17)20-7-2-3-13(20)10-20/h4-5,9,13,15,17-18,23-24H,2-3,6-8,10-11H2,1H3,(H,22,26). The number of halogens is 1. The van der Waals surface area contributed by atoms with Crippen molar-refractivity contribution in [2.75, 3.05) is 18.4 Å². The summed E-state index contributed by atoms with van der Waals surface area (Å²) in [4.78, 5) is 14.7. The van der Waals surface area contributed by atoms with Gasteiger partial charge in [-0.2, -0.15) is 0 Å². The zero-order chi connectivity index (χ0) is 17.9. The third-order valence-corrected chi connectivity index (χ3v) is 7.30. The second-order valence-electron chi connectivity index (χ2n) is 8.69. The van der Waals surface area contributed by atoms with Crippen LogP contribution in [0.15, 0.2) is 18.2 Å². The van der Waals surface area contributed by atoms with Crippen molar-refractivity contribution in [3.05, 3.63) is 29.6 Å². The number of nitrogens with zero attached hydrogens (tertiary/aromatic N) is 1. The molecule has 4 fully saturated rings. The van der Waals surface area contributed by atoms with Crippen LogP contribution in [0, 0.1) is 30.0 Å². The summed E-state index contributed by atoms with van der Waals surface area (Å²) in [5.41, 5.74) is 8.80. The highest BCUT2D eigenvalue weighted by Gasteiger charge is 2.64. The fraction of sp³-hybridized carbons (Fsp3) is 0.650. The Labute approximate surface area is 153 Å². The Morgan fingerprint density at radius 2 is 2.23 bits per heavy atom. The highest BCUT2D eigenvalue weighted by Crippen LogP contribution is 2.67. The van der Waals surface area contributed by atoms with E-state index in [0.717, 1.165) is 25.4 Å². The first-order valence-electron chi connectivity index (χ1n) is 9.90. The maximum absolute atomic E-state index is 13.4. The van der Waals surface area contributed by atoms with Crippen LogP contribution in [0.3, 0.4) is 0 Å². The van der Waals surface area contributed by atoms with Gasteiger partial charge in [0.15, 0.2) is 0 Å². The lowest BCUT2D eigenvalue weighted by atomic mass is 9.79. The van der Waals surface area contributed by atoms with E-state index in [4.69, 9.17) is 0 Å². The molecular weight excluding hydrogens is 331 g/mol. The molecule has 1 aromatic carbocycles. The van der Waals surface area contributed by atoms with E-state index in [9.17, 15) is 9.18 Å². The Morgan fingerprint density at radius 1 is 1.35 bits per heavy atom. The quantitative estimate of drug-likeness (QED) is 0.762. The van der Waals surface area contributed by atoms with Gasteiger partial charge in [0.05, 0.1) is 0 Å². The van der Waals surface area contributed by atoms with E-state index in [1.165, 1.54) is 31.7 Å². The lowest BCUT2D eigenvalue weighted by Crippen LogP contribution is -2.51. The Bertz CT molecular complexity index is 741. The van der Waals surface area contributed by atoms with Crippen LogP contribution in [0.4, 0.5) is 14.9 Å². The molecule has 0 radical (unpaired) electrons. The molecule has 2 saturated heterocycles. The molecule has 5 atom stereocenters. The van der Waals surface area contributed by atoms with Crippen molar-refractivity contribution in [1.82, 2.24) is 15.8 Å². The minimum absolute atomic E-state index is 0.0728. The summed E-state index contributed by atoms with van der Waals surface area (Å²) in [6, 6.07) is 5.60. The summed E-state index contributed by atoms with van der Waals surface area (Å²) >= 11 is 0. The average molecular weight is 358 g/mol. The van der Waals surface area contributed by atoms with Crippen molar-refractivity contribution in [2.24, 2.45) is 17.3 Å². The van der Waals surface area contributed by atoms with E-state index in [-0.39, 0.29) is 11.8 Å². The van der Waals surface area contributed by atoms with E-state index < -0.39 is 0 Å². The van der Waals surface area contributed by atoms with Gasteiger partial charge in [-0.25, -0.2) is 9.18 Å². The Kier molecular flexibility index (Phi) is 3.76. The predicted molar refractivity (Wildman–Crippen MR) is 98.1 cm³/mol. The molecule has 140 valence electrons. The van der Waals surface area contributed by atoms with Gasteiger partial charge < -0.3 is 10.2 Å². The molecule has 6 heteroatoms. The number of hydrogen-bond acceptors (Lipinski definition) is 3. The number of piperidine rings is 1. The van der Waals surface area contributed by atoms with Gasteiger partial charge in [0.2, 0.25) is 0 Å². The first kappa shape index (κ1) is 16.5. The van der Waals surface area contributed by atoms with Crippen LogP contribution in [-0.4, -0.2) is 36.1 Å². The smallest absolute Gasteiger partial charge is 0.321 e. The number of fused-ring (bicyclic) bond motifs is 2. The van der Waals surface area contributed by atoms with Gasteiger partial charge in [-0.05, 0) is 67.7 Å². The SMILES string of the molecule is Cc1cc(NC(=O)N2CCC3NNC(C45CCCC4C5)C3C2)ccc1F. The molecule has 5 unspecified atom stereocenters. The number of likely N-dealkylation sites (tertiary alicyclic amines) is 1. The normalized spacial score (nSPS) is 38.0. The summed E-state index contributed by atoms with van der Waals surface area (Å²) in [5, 5.41) is 2.94. The number of benzene rings is 1. The van der Waals surface area contributed by atoms with E-state index in [1.807, 2.05) is 4.90 Å². The third-order valence-electron chi connectivity index (χ3n) is 7.30. The molecule has 2 aliphatic heterocycles. The van der Waals surface area contributed by atoms with Crippen molar-refractivity contribution >= 4 is 11.7 Å². The van der Waals surface area contributed by atoms with E-state index in [0.29, 0.717) is 34.7 Å². The second-order valence-corrected chi connectivity index (χ2v) is 8.69. The van der Waals surface area contributed by atoms with Gasteiger partial charge in [-0.15, -0.1) is 0 Å². The highest BCUT2D eigenvalue weighted by atomic mass is 19.1. The highest BCUT2D eigenvalue weighted by molar-refractivity contribution is 5.89. The Balaban J connectivity index is 1.27. The number of hydrazine groups is 1. The maximum atomic E-state index is 13.4. The van der Waals surface area contributed by atoms with Gasteiger partial charge in [0, 0.05) is 36.8 Å². The lowest BCUT2D eigenvalue weighted by molar-refractivity contribution is 0.150. The Morgan fingerprint density at radius 3 is 2.96 bits per heavy atom. The number of rotatable bonds is 2. The molecule has 3 N–H and O–H groups in total. The van der Waals surface area contributed by atoms with Crippen molar-refractivity contribution in [3.63, 3.8) is 0 Å². The molecule has 5 nitrogen and oxygen atoms in total. The maximum Gasteiger partial charge on any atom is 0.321 e. The number of carbonyl (C=O) groups excluding carboxylic acids is 1. The van der Waals surface area contributed by atoms with Crippen molar-refractivity contribution in [3.8, 4) is 0 Å². The first-order valence-corrected chi connectivity index (χ1v) is 9.90. The molecule has 1 aromatic rings. The molecule has 4 aliphatic rings. The van der Waals surface area contributed by atoms with Crippen LogP contribution in [0.5, 0.6) is 0 Å².